The summed E-state index contributed by atoms with van der Waals surface area (Å²) in [6.45, 7) is 3.93. The number of hydrogen-bond acceptors (Lipinski definition) is 2. The molecule has 0 aromatic carbocycles. The second kappa shape index (κ2) is 4.42. The third-order valence-corrected chi connectivity index (χ3v) is 3.55. The van der Waals surface area contributed by atoms with Crippen molar-refractivity contribution < 1.29 is 14.7 Å². The molecular formula is C12H15BrN2O3. The first-order chi connectivity index (χ1) is 8.35. The molecule has 1 amide bonds. The summed E-state index contributed by atoms with van der Waals surface area (Å²) in [5.41, 5.74) is -0.570. The summed E-state index contributed by atoms with van der Waals surface area (Å²) in [5, 5.41) is 11.7. The Kier molecular flexibility index (Phi) is 3.23. The van der Waals surface area contributed by atoms with Crippen LogP contribution in [0.3, 0.4) is 0 Å². The molecule has 1 saturated carbocycles. The Morgan fingerprint density at radius 1 is 1.50 bits per heavy atom. The van der Waals surface area contributed by atoms with Crippen molar-refractivity contribution in [1.29, 1.82) is 0 Å². The molecule has 1 aromatic rings. The monoisotopic (exact) mass is 314 g/mol. The molecule has 1 aromatic heterocycles. The average Bonchev–Trinajstić information content (AvgIpc) is 2.93. The first-order valence-corrected chi connectivity index (χ1v) is 6.58. The minimum absolute atomic E-state index is 0.136. The summed E-state index contributed by atoms with van der Waals surface area (Å²) in [5.74, 6) is -1.30. The Morgan fingerprint density at radius 3 is 2.56 bits per heavy atom. The second-order valence-electron chi connectivity index (χ2n) is 4.89. The van der Waals surface area contributed by atoms with Crippen LogP contribution in [0.15, 0.2) is 16.7 Å². The molecule has 0 spiro atoms. The van der Waals surface area contributed by atoms with Crippen LogP contribution in [0.2, 0.25) is 0 Å². The molecule has 0 radical (unpaired) electrons. The van der Waals surface area contributed by atoms with Gasteiger partial charge < -0.3 is 15.0 Å². The number of carboxylic acid groups (broad SMARTS) is 1. The van der Waals surface area contributed by atoms with Gasteiger partial charge in [-0.25, -0.2) is 4.79 Å². The van der Waals surface area contributed by atoms with Crippen LogP contribution >= 0.6 is 15.9 Å². The molecule has 1 heterocycles. The van der Waals surface area contributed by atoms with E-state index in [9.17, 15) is 9.59 Å². The number of hydrogen-bond donors (Lipinski definition) is 2. The van der Waals surface area contributed by atoms with E-state index >= 15 is 0 Å². The van der Waals surface area contributed by atoms with Gasteiger partial charge in [-0.15, -0.1) is 0 Å². The van der Waals surface area contributed by atoms with Crippen LogP contribution in [0, 0.1) is 0 Å². The molecule has 1 fully saturated rings. The highest BCUT2D eigenvalue weighted by molar-refractivity contribution is 9.10. The molecule has 1 aliphatic carbocycles. The first-order valence-electron chi connectivity index (χ1n) is 5.79. The van der Waals surface area contributed by atoms with Crippen LogP contribution in [0.4, 0.5) is 0 Å². The van der Waals surface area contributed by atoms with Crippen molar-refractivity contribution >= 4 is 27.8 Å². The maximum absolute atomic E-state index is 12.1. The van der Waals surface area contributed by atoms with Gasteiger partial charge in [0, 0.05) is 16.7 Å². The van der Waals surface area contributed by atoms with Crippen LogP contribution in [-0.4, -0.2) is 27.1 Å². The largest absolute Gasteiger partial charge is 0.480 e. The zero-order chi connectivity index (χ0) is 13.5. The number of nitrogens with one attached hydrogen (secondary N) is 1. The third kappa shape index (κ3) is 2.29. The maximum atomic E-state index is 12.1. The summed E-state index contributed by atoms with van der Waals surface area (Å²) >= 11 is 3.33. The summed E-state index contributed by atoms with van der Waals surface area (Å²) < 4.78 is 2.62. The zero-order valence-corrected chi connectivity index (χ0v) is 11.8. The van der Waals surface area contributed by atoms with Crippen molar-refractivity contribution in [3.05, 3.63) is 22.4 Å². The Balaban J connectivity index is 2.22. The van der Waals surface area contributed by atoms with Gasteiger partial charge in [0.15, 0.2) is 0 Å². The van der Waals surface area contributed by atoms with Gasteiger partial charge in [0.25, 0.3) is 5.91 Å². The van der Waals surface area contributed by atoms with E-state index in [1.165, 1.54) is 0 Å². The number of aliphatic carboxylic acids is 1. The van der Waals surface area contributed by atoms with Gasteiger partial charge in [-0.3, -0.25) is 4.79 Å². The molecule has 18 heavy (non-hydrogen) atoms. The number of aromatic nitrogens is 1. The van der Waals surface area contributed by atoms with Crippen molar-refractivity contribution in [2.24, 2.45) is 0 Å². The third-order valence-electron chi connectivity index (χ3n) is 3.12. The van der Waals surface area contributed by atoms with Crippen molar-refractivity contribution in [2.45, 2.75) is 38.3 Å². The zero-order valence-electron chi connectivity index (χ0n) is 10.2. The van der Waals surface area contributed by atoms with Gasteiger partial charge in [-0.05, 0) is 48.7 Å². The topological polar surface area (TPSA) is 71.3 Å². The van der Waals surface area contributed by atoms with Crippen molar-refractivity contribution in [2.75, 3.05) is 0 Å². The molecule has 6 heteroatoms. The van der Waals surface area contributed by atoms with E-state index in [4.69, 9.17) is 5.11 Å². The number of carbonyl (C=O) groups excluding carboxylic acids is 1. The van der Waals surface area contributed by atoms with E-state index < -0.39 is 11.5 Å². The smallest absolute Gasteiger partial charge is 0.329 e. The SMILES string of the molecule is CC(C)n1cc(Br)cc1C(=O)NC1(C(=O)O)CC1. The number of carboxylic acids is 1. The van der Waals surface area contributed by atoms with Gasteiger partial charge in [0.05, 0.1) is 0 Å². The minimum Gasteiger partial charge on any atom is -0.480 e. The van der Waals surface area contributed by atoms with E-state index in [0.29, 0.717) is 18.5 Å². The van der Waals surface area contributed by atoms with E-state index in [2.05, 4.69) is 21.2 Å². The highest BCUT2D eigenvalue weighted by Gasteiger charge is 2.51. The van der Waals surface area contributed by atoms with Crippen LogP contribution in [0.25, 0.3) is 0 Å². The molecule has 0 aliphatic heterocycles. The van der Waals surface area contributed by atoms with E-state index in [1.54, 1.807) is 6.07 Å². The van der Waals surface area contributed by atoms with Gasteiger partial charge in [0.1, 0.15) is 11.2 Å². The molecule has 0 atom stereocenters. The number of rotatable bonds is 4. The van der Waals surface area contributed by atoms with E-state index in [0.717, 1.165) is 4.47 Å². The molecule has 5 nitrogen and oxygen atoms in total. The number of carbonyl (C=O) groups is 2. The molecular weight excluding hydrogens is 300 g/mol. The summed E-state index contributed by atoms with van der Waals surface area (Å²) in [6, 6.07) is 1.84. The predicted molar refractivity (Wildman–Crippen MR) is 69.6 cm³/mol. The van der Waals surface area contributed by atoms with Gasteiger partial charge in [0.2, 0.25) is 0 Å². The molecule has 98 valence electrons. The Morgan fingerprint density at radius 2 is 2.11 bits per heavy atom. The number of amides is 1. The van der Waals surface area contributed by atoms with Crippen LogP contribution < -0.4 is 5.32 Å². The lowest BCUT2D eigenvalue weighted by Gasteiger charge is -2.15. The Hall–Kier alpha value is -1.30. The Bertz CT molecular complexity index is 503. The lowest BCUT2D eigenvalue weighted by atomic mass is 10.2. The van der Waals surface area contributed by atoms with Crippen LogP contribution in [0.1, 0.15) is 43.2 Å². The fourth-order valence-corrected chi connectivity index (χ4v) is 2.29. The van der Waals surface area contributed by atoms with Gasteiger partial charge in [-0.2, -0.15) is 0 Å². The highest BCUT2D eigenvalue weighted by atomic mass is 79.9. The second-order valence-corrected chi connectivity index (χ2v) is 5.80. The summed E-state index contributed by atoms with van der Waals surface area (Å²) in [7, 11) is 0. The lowest BCUT2D eigenvalue weighted by molar-refractivity contribution is -0.140. The standard InChI is InChI=1S/C12H15BrN2O3/c1-7(2)15-6-8(13)5-9(15)10(16)14-12(3-4-12)11(17)18/h5-7H,3-4H2,1-2H3,(H,14,16)(H,17,18). The fourth-order valence-electron chi connectivity index (χ4n) is 1.85. The lowest BCUT2D eigenvalue weighted by Crippen LogP contribution is -2.43. The highest BCUT2D eigenvalue weighted by Crippen LogP contribution is 2.36. The van der Waals surface area contributed by atoms with Crippen molar-refractivity contribution in [3.63, 3.8) is 0 Å². The van der Waals surface area contributed by atoms with Crippen LogP contribution in [0.5, 0.6) is 0 Å². The predicted octanol–water partition coefficient (Wildman–Crippen LogP) is 2.18. The molecule has 0 unspecified atom stereocenters. The fraction of sp³-hybridized carbons (Fsp3) is 0.500. The number of halogens is 1. The summed E-state index contributed by atoms with van der Waals surface area (Å²) in [4.78, 5) is 23.2. The normalized spacial score (nSPS) is 16.7. The molecule has 0 bridgehead atoms. The maximum Gasteiger partial charge on any atom is 0.329 e. The van der Waals surface area contributed by atoms with Gasteiger partial charge in [-0.1, -0.05) is 0 Å². The Labute approximate surface area is 113 Å². The van der Waals surface area contributed by atoms with Gasteiger partial charge >= 0.3 is 5.97 Å². The first kappa shape index (κ1) is 13.1. The van der Waals surface area contributed by atoms with E-state index in [-0.39, 0.29) is 11.9 Å². The summed E-state index contributed by atoms with van der Waals surface area (Å²) in [6.07, 6.45) is 2.81. The van der Waals surface area contributed by atoms with Crippen molar-refractivity contribution in [3.8, 4) is 0 Å². The molecule has 0 saturated heterocycles. The average molecular weight is 315 g/mol. The molecule has 1 aliphatic rings. The van der Waals surface area contributed by atoms with Crippen LogP contribution in [-0.2, 0) is 4.79 Å². The van der Waals surface area contributed by atoms with E-state index in [1.807, 2.05) is 24.6 Å². The quantitative estimate of drug-likeness (QED) is 0.894. The molecule has 2 rings (SSSR count). The molecule has 2 N–H and O–H groups in total. The van der Waals surface area contributed by atoms with Crippen molar-refractivity contribution in [1.82, 2.24) is 9.88 Å². The minimum atomic E-state index is -1.05. The number of nitrogens with zero attached hydrogens (tertiary/aromatic N) is 1.